The average Bonchev–Trinajstić information content (AvgIpc) is 3.35. The van der Waals surface area contributed by atoms with Gasteiger partial charge in [-0.25, -0.2) is 9.97 Å². The van der Waals surface area contributed by atoms with Gasteiger partial charge in [0, 0.05) is 34.4 Å². The monoisotopic (exact) mass is 450 g/mol. The van der Waals surface area contributed by atoms with Gasteiger partial charge in [-0.2, -0.15) is 0 Å². The van der Waals surface area contributed by atoms with Crippen LogP contribution in [0.4, 0.5) is 13.2 Å². The maximum atomic E-state index is 12.6. The molecule has 5 nitrogen and oxygen atoms in total. The zero-order chi connectivity index (χ0) is 23.4. The van der Waals surface area contributed by atoms with Crippen molar-refractivity contribution in [2.24, 2.45) is 0 Å². The molecule has 2 aromatic carbocycles. The Hall–Kier alpha value is -3.81. The van der Waals surface area contributed by atoms with Gasteiger partial charge < -0.3 is 14.3 Å². The lowest BCUT2D eigenvalue weighted by Gasteiger charge is -2.21. The second-order valence-electron chi connectivity index (χ2n) is 8.89. The first-order valence-corrected chi connectivity index (χ1v) is 10.4. The fourth-order valence-electron chi connectivity index (χ4n) is 3.98. The molecule has 5 rings (SSSR count). The number of H-pyrrole nitrogens is 1. The van der Waals surface area contributed by atoms with Gasteiger partial charge >= 0.3 is 6.36 Å². The van der Waals surface area contributed by atoms with Crippen molar-refractivity contribution in [3.8, 4) is 28.0 Å². The molecule has 1 N–H and O–H groups in total. The molecule has 0 saturated carbocycles. The van der Waals surface area contributed by atoms with E-state index < -0.39 is 6.36 Å². The van der Waals surface area contributed by atoms with Crippen molar-refractivity contribution in [3.05, 3.63) is 67.3 Å². The lowest BCUT2D eigenvalue weighted by Crippen LogP contribution is -2.20. The first-order chi connectivity index (χ1) is 15.6. The molecule has 8 heteroatoms. The van der Waals surface area contributed by atoms with Crippen LogP contribution in [0.15, 0.2) is 67.3 Å². The Kier molecular flexibility index (Phi) is 4.70. The highest BCUT2D eigenvalue weighted by Gasteiger charge is 2.31. The normalized spacial score (nSPS) is 12.5. The first-order valence-electron chi connectivity index (χ1n) is 10.4. The third kappa shape index (κ3) is 4.04. The van der Waals surface area contributed by atoms with Crippen LogP contribution in [0.1, 0.15) is 20.8 Å². The number of hydrogen-bond acceptors (Lipinski definition) is 3. The van der Waals surface area contributed by atoms with Crippen LogP contribution in [-0.2, 0) is 5.54 Å². The Bertz CT molecular complexity index is 1470. The zero-order valence-electron chi connectivity index (χ0n) is 18.2. The fourth-order valence-corrected chi connectivity index (χ4v) is 3.98. The number of alkyl halides is 3. The van der Waals surface area contributed by atoms with Crippen molar-refractivity contribution in [2.75, 3.05) is 0 Å². The number of nitrogens with one attached hydrogen (secondary N) is 1. The molecule has 3 heterocycles. The fraction of sp³-hybridized carbons (Fsp3) is 0.200. The van der Waals surface area contributed by atoms with E-state index >= 15 is 0 Å². The highest BCUT2D eigenvalue weighted by Crippen LogP contribution is 2.34. The summed E-state index contributed by atoms with van der Waals surface area (Å²) in [5.41, 5.74) is 5.73. The molecular weight excluding hydrogens is 429 g/mol. The Morgan fingerprint density at radius 1 is 0.909 bits per heavy atom. The Morgan fingerprint density at radius 3 is 2.48 bits per heavy atom. The van der Waals surface area contributed by atoms with E-state index in [1.165, 1.54) is 18.2 Å². The number of benzene rings is 2. The topological polar surface area (TPSA) is 55.7 Å². The van der Waals surface area contributed by atoms with E-state index in [9.17, 15) is 13.2 Å². The van der Waals surface area contributed by atoms with Crippen LogP contribution in [0.2, 0.25) is 0 Å². The van der Waals surface area contributed by atoms with Gasteiger partial charge in [-0.3, -0.25) is 0 Å². The predicted molar refractivity (Wildman–Crippen MR) is 122 cm³/mol. The average molecular weight is 450 g/mol. The van der Waals surface area contributed by atoms with Crippen molar-refractivity contribution in [1.29, 1.82) is 0 Å². The number of aromatic nitrogens is 4. The van der Waals surface area contributed by atoms with Crippen LogP contribution >= 0.6 is 0 Å². The lowest BCUT2D eigenvalue weighted by atomic mass is 10.0. The van der Waals surface area contributed by atoms with Gasteiger partial charge in [0.2, 0.25) is 0 Å². The summed E-state index contributed by atoms with van der Waals surface area (Å²) >= 11 is 0. The van der Waals surface area contributed by atoms with E-state index in [4.69, 9.17) is 0 Å². The van der Waals surface area contributed by atoms with E-state index in [0.717, 1.165) is 27.5 Å². The summed E-state index contributed by atoms with van der Waals surface area (Å²) in [7, 11) is 0. The number of imidazole rings is 1. The maximum absolute atomic E-state index is 12.6. The SMILES string of the molecule is CC(C)(C)n1cnc2ccc(-c3c[nH]c4ncc(-c5cccc(OC(F)(F)F)c5)cc34)cc21. The van der Waals surface area contributed by atoms with Gasteiger partial charge in [0.05, 0.1) is 17.4 Å². The number of pyridine rings is 1. The molecule has 3 aromatic heterocycles. The summed E-state index contributed by atoms with van der Waals surface area (Å²) in [6.07, 6.45) is 0.628. The molecule has 0 radical (unpaired) electrons. The molecule has 33 heavy (non-hydrogen) atoms. The second-order valence-corrected chi connectivity index (χ2v) is 8.89. The molecule has 0 aliphatic carbocycles. The van der Waals surface area contributed by atoms with Crippen LogP contribution in [-0.4, -0.2) is 25.9 Å². The predicted octanol–water partition coefficient (Wildman–Crippen LogP) is 6.90. The Morgan fingerprint density at radius 2 is 1.73 bits per heavy atom. The molecule has 5 aromatic rings. The van der Waals surface area contributed by atoms with Crippen molar-refractivity contribution in [2.45, 2.75) is 32.7 Å². The number of hydrogen-bond donors (Lipinski definition) is 1. The highest BCUT2D eigenvalue weighted by atomic mass is 19.4. The quantitative estimate of drug-likeness (QED) is 0.325. The number of aromatic amines is 1. The first kappa shape index (κ1) is 21.1. The number of fused-ring (bicyclic) bond motifs is 2. The summed E-state index contributed by atoms with van der Waals surface area (Å²) < 4.78 is 44.1. The zero-order valence-corrected chi connectivity index (χ0v) is 18.2. The second kappa shape index (κ2) is 7.37. The largest absolute Gasteiger partial charge is 0.573 e. The summed E-state index contributed by atoms with van der Waals surface area (Å²) in [5.74, 6) is -0.268. The van der Waals surface area contributed by atoms with E-state index in [0.29, 0.717) is 16.8 Å². The standard InChI is InChI=1S/C25H21F3N4O/c1-24(2,3)32-14-31-21-8-7-16(11-22(21)32)20-13-30-23-19(20)10-17(12-29-23)15-5-4-6-18(9-15)33-25(26,27)28/h4-14H,1-3H3,(H,29,30). The van der Waals surface area contributed by atoms with Crippen LogP contribution < -0.4 is 4.74 Å². The summed E-state index contributed by atoms with van der Waals surface area (Å²) in [6, 6.07) is 13.9. The number of halogens is 3. The summed E-state index contributed by atoms with van der Waals surface area (Å²) in [5, 5.41) is 0.871. The molecule has 0 atom stereocenters. The molecule has 168 valence electrons. The molecular formula is C25H21F3N4O. The van der Waals surface area contributed by atoms with Gasteiger partial charge in [-0.1, -0.05) is 18.2 Å². The van der Waals surface area contributed by atoms with Crippen LogP contribution in [0.5, 0.6) is 5.75 Å². The van der Waals surface area contributed by atoms with Gasteiger partial charge in [0.15, 0.2) is 0 Å². The third-order valence-corrected chi connectivity index (χ3v) is 5.51. The van der Waals surface area contributed by atoms with E-state index in [-0.39, 0.29) is 11.3 Å². The molecule has 0 unspecified atom stereocenters. The van der Waals surface area contributed by atoms with Crippen LogP contribution in [0, 0.1) is 0 Å². The smallest absolute Gasteiger partial charge is 0.406 e. The number of nitrogens with zero attached hydrogens (tertiary/aromatic N) is 3. The minimum Gasteiger partial charge on any atom is -0.406 e. The van der Waals surface area contributed by atoms with Crippen molar-refractivity contribution in [3.63, 3.8) is 0 Å². The molecule has 0 aliphatic rings. The highest BCUT2D eigenvalue weighted by molar-refractivity contribution is 5.97. The maximum Gasteiger partial charge on any atom is 0.573 e. The molecule has 0 saturated heterocycles. The molecule has 0 bridgehead atoms. The van der Waals surface area contributed by atoms with Crippen molar-refractivity contribution < 1.29 is 17.9 Å². The third-order valence-electron chi connectivity index (χ3n) is 5.51. The van der Waals surface area contributed by atoms with Crippen LogP contribution in [0.3, 0.4) is 0 Å². The Labute approximate surface area is 187 Å². The molecule has 0 amide bonds. The van der Waals surface area contributed by atoms with E-state index in [1.54, 1.807) is 12.3 Å². The minimum atomic E-state index is -4.74. The van der Waals surface area contributed by atoms with Crippen molar-refractivity contribution >= 4 is 22.1 Å². The van der Waals surface area contributed by atoms with Gasteiger partial charge in [0.25, 0.3) is 0 Å². The lowest BCUT2D eigenvalue weighted by molar-refractivity contribution is -0.274. The van der Waals surface area contributed by atoms with Gasteiger partial charge in [0.1, 0.15) is 11.4 Å². The minimum absolute atomic E-state index is 0.119. The van der Waals surface area contributed by atoms with Crippen LogP contribution in [0.25, 0.3) is 44.3 Å². The van der Waals surface area contributed by atoms with E-state index in [2.05, 4.69) is 51.1 Å². The molecule has 0 spiro atoms. The van der Waals surface area contributed by atoms with Gasteiger partial charge in [-0.05, 0) is 62.2 Å². The molecule has 0 aliphatic heterocycles. The van der Waals surface area contributed by atoms with Crippen molar-refractivity contribution in [1.82, 2.24) is 19.5 Å². The number of rotatable bonds is 3. The Balaban J connectivity index is 1.60. The van der Waals surface area contributed by atoms with Gasteiger partial charge in [-0.15, -0.1) is 13.2 Å². The summed E-state index contributed by atoms with van der Waals surface area (Å²) in [6.45, 7) is 6.37. The summed E-state index contributed by atoms with van der Waals surface area (Å²) in [4.78, 5) is 12.2. The van der Waals surface area contributed by atoms with E-state index in [1.807, 2.05) is 30.7 Å². The molecule has 0 fully saturated rings. The number of ether oxygens (including phenoxy) is 1.